The highest BCUT2D eigenvalue weighted by Gasteiger charge is 2.25. The zero-order chi connectivity index (χ0) is 34.8. The Morgan fingerprint density at radius 1 is 0.776 bits per heavy atom. The van der Waals surface area contributed by atoms with E-state index in [1.807, 2.05) is 100 Å². The van der Waals surface area contributed by atoms with Gasteiger partial charge in [-0.2, -0.15) is 0 Å². The molecule has 0 aliphatic rings. The van der Waals surface area contributed by atoms with E-state index in [4.69, 9.17) is 4.74 Å². The first-order chi connectivity index (χ1) is 23.6. The van der Waals surface area contributed by atoms with Gasteiger partial charge >= 0.3 is 6.09 Å². The van der Waals surface area contributed by atoms with Crippen molar-refractivity contribution in [3.63, 3.8) is 0 Å². The maximum absolute atomic E-state index is 13.9. The molecule has 49 heavy (non-hydrogen) atoms. The maximum atomic E-state index is 13.9. The number of aromatic nitrogens is 1. The summed E-state index contributed by atoms with van der Waals surface area (Å²) in [7, 11) is 0. The molecule has 1 aromatic heterocycles. The molecule has 5 aromatic rings. The highest BCUT2D eigenvalue weighted by molar-refractivity contribution is 6.09. The summed E-state index contributed by atoms with van der Waals surface area (Å²) in [5, 5.41) is 16.1. The van der Waals surface area contributed by atoms with Crippen LogP contribution in [0.5, 0.6) is 0 Å². The lowest BCUT2D eigenvalue weighted by Crippen LogP contribution is -2.47. The van der Waals surface area contributed by atoms with Gasteiger partial charge in [-0.05, 0) is 98.0 Å². The SMILES string of the molecule is C[C@H](NC(=O)[C@H](CCCNCc1ccccn1)NC(=O)c1ccc(CNC(=O)OC(C)(C)C)c2ccccc12)c1cccc2ccccc12. The van der Waals surface area contributed by atoms with Crippen molar-refractivity contribution in [1.29, 1.82) is 0 Å². The van der Waals surface area contributed by atoms with Crippen molar-refractivity contribution in [2.75, 3.05) is 6.54 Å². The number of fused-ring (bicyclic) bond motifs is 2. The van der Waals surface area contributed by atoms with E-state index >= 15 is 0 Å². The van der Waals surface area contributed by atoms with Crippen molar-refractivity contribution >= 4 is 39.5 Å². The summed E-state index contributed by atoms with van der Waals surface area (Å²) in [4.78, 5) is 44.4. The molecule has 254 valence electrons. The number of alkyl carbamates (subject to hydrolysis) is 1. The van der Waals surface area contributed by atoms with E-state index in [0.717, 1.165) is 38.4 Å². The van der Waals surface area contributed by atoms with Gasteiger partial charge in [0, 0.05) is 24.8 Å². The van der Waals surface area contributed by atoms with Crippen molar-refractivity contribution in [3.05, 3.63) is 126 Å². The molecular weight excluding hydrogens is 614 g/mol. The molecule has 0 fully saturated rings. The maximum Gasteiger partial charge on any atom is 0.407 e. The number of rotatable bonds is 13. The predicted octanol–water partition coefficient (Wildman–Crippen LogP) is 6.96. The molecule has 3 amide bonds. The first-order valence-electron chi connectivity index (χ1n) is 16.8. The third-order valence-corrected chi connectivity index (χ3v) is 8.23. The molecule has 0 aliphatic heterocycles. The third kappa shape index (κ3) is 9.64. The van der Waals surface area contributed by atoms with Gasteiger partial charge in [0.05, 0.1) is 11.7 Å². The Hall–Kier alpha value is -5.28. The average Bonchev–Trinajstić information content (AvgIpc) is 3.09. The molecule has 5 rings (SSSR count). The van der Waals surface area contributed by atoms with Crippen molar-refractivity contribution in [3.8, 4) is 0 Å². The minimum Gasteiger partial charge on any atom is -0.444 e. The second-order valence-corrected chi connectivity index (χ2v) is 13.1. The van der Waals surface area contributed by atoms with E-state index in [2.05, 4.69) is 44.5 Å². The lowest BCUT2D eigenvalue weighted by atomic mass is 9.98. The number of benzene rings is 4. The minimum absolute atomic E-state index is 0.236. The van der Waals surface area contributed by atoms with Gasteiger partial charge in [-0.3, -0.25) is 14.6 Å². The van der Waals surface area contributed by atoms with Crippen LogP contribution < -0.4 is 21.3 Å². The summed E-state index contributed by atoms with van der Waals surface area (Å²) >= 11 is 0. The number of hydrogen-bond acceptors (Lipinski definition) is 6. The highest BCUT2D eigenvalue weighted by Crippen LogP contribution is 2.25. The first kappa shape index (κ1) is 35.0. The van der Waals surface area contributed by atoms with Gasteiger partial charge in [-0.25, -0.2) is 4.79 Å². The summed E-state index contributed by atoms with van der Waals surface area (Å²) in [6, 6.07) is 30.0. The van der Waals surface area contributed by atoms with Crippen LogP contribution in [-0.2, 0) is 22.6 Å². The van der Waals surface area contributed by atoms with Crippen LogP contribution in [0.25, 0.3) is 21.5 Å². The molecule has 0 radical (unpaired) electrons. The number of ether oxygens (including phenoxy) is 1. The van der Waals surface area contributed by atoms with E-state index in [1.54, 1.807) is 12.3 Å². The summed E-state index contributed by atoms with van der Waals surface area (Å²) in [5.74, 6) is -0.594. The van der Waals surface area contributed by atoms with E-state index in [9.17, 15) is 14.4 Å². The van der Waals surface area contributed by atoms with Gasteiger partial charge in [0.25, 0.3) is 5.91 Å². The first-order valence-corrected chi connectivity index (χ1v) is 16.8. The van der Waals surface area contributed by atoms with Crippen LogP contribution in [0.1, 0.15) is 73.8 Å². The molecule has 4 N–H and O–H groups in total. The van der Waals surface area contributed by atoms with Crippen LogP contribution in [0.4, 0.5) is 4.79 Å². The normalized spacial score (nSPS) is 12.7. The van der Waals surface area contributed by atoms with Crippen LogP contribution in [0.2, 0.25) is 0 Å². The van der Waals surface area contributed by atoms with E-state index < -0.39 is 17.7 Å². The smallest absolute Gasteiger partial charge is 0.407 e. The lowest BCUT2D eigenvalue weighted by molar-refractivity contribution is -0.123. The largest absolute Gasteiger partial charge is 0.444 e. The molecule has 0 aliphatic carbocycles. The van der Waals surface area contributed by atoms with Gasteiger partial charge in [-0.1, -0.05) is 78.9 Å². The zero-order valence-electron chi connectivity index (χ0n) is 28.6. The molecule has 1 heterocycles. The Balaban J connectivity index is 1.32. The molecular formula is C40H45N5O4. The number of nitrogens with zero attached hydrogens (tertiary/aromatic N) is 1. The van der Waals surface area contributed by atoms with E-state index in [-0.39, 0.29) is 24.4 Å². The highest BCUT2D eigenvalue weighted by atomic mass is 16.6. The Bertz CT molecular complexity index is 1900. The van der Waals surface area contributed by atoms with Crippen molar-refractivity contribution in [1.82, 2.24) is 26.3 Å². The molecule has 0 saturated heterocycles. The van der Waals surface area contributed by atoms with Crippen LogP contribution >= 0.6 is 0 Å². The van der Waals surface area contributed by atoms with Crippen LogP contribution in [0.3, 0.4) is 0 Å². The number of amides is 3. The molecule has 0 bridgehead atoms. The molecule has 0 saturated carbocycles. The quantitative estimate of drug-likeness (QED) is 0.102. The molecule has 0 unspecified atom stereocenters. The third-order valence-electron chi connectivity index (χ3n) is 8.23. The Kier molecular flexibility index (Phi) is 11.6. The molecule has 9 nitrogen and oxygen atoms in total. The Morgan fingerprint density at radius 3 is 2.24 bits per heavy atom. The number of pyridine rings is 1. The fourth-order valence-corrected chi connectivity index (χ4v) is 5.87. The minimum atomic E-state index is -0.770. The second-order valence-electron chi connectivity index (χ2n) is 13.1. The van der Waals surface area contributed by atoms with Gasteiger partial charge in [0.2, 0.25) is 5.91 Å². The van der Waals surface area contributed by atoms with Gasteiger partial charge in [0.1, 0.15) is 11.6 Å². The number of hydrogen-bond donors (Lipinski definition) is 4. The van der Waals surface area contributed by atoms with Crippen molar-refractivity contribution < 1.29 is 19.1 Å². The number of nitrogens with one attached hydrogen (secondary N) is 4. The summed E-state index contributed by atoms with van der Waals surface area (Å²) < 4.78 is 5.39. The lowest BCUT2D eigenvalue weighted by Gasteiger charge is -2.23. The number of carbonyl (C=O) groups excluding carboxylic acids is 3. The summed E-state index contributed by atoms with van der Waals surface area (Å²) in [5.41, 5.74) is 2.62. The van der Waals surface area contributed by atoms with E-state index in [0.29, 0.717) is 31.5 Å². The number of carbonyl (C=O) groups is 3. The van der Waals surface area contributed by atoms with E-state index in [1.165, 1.54) is 0 Å². The fraction of sp³-hybridized carbons (Fsp3) is 0.300. The molecule has 2 atom stereocenters. The Labute approximate surface area is 287 Å². The van der Waals surface area contributed by atoms with Gasteiger partial charge in [0.15, 0.2) is 0 Å². The fourth-order valence-electron chi connectivity index (χ4n) is 5.87. The van der Waals surface area contributed by atoms with Crippen molar-refractivity contribution in [2.24, 2.45) is 0 Å². The molecule has 4 aromatic carbocycles. The molecule has 9 heteroatoms. The van der Waals surface area contributed by atoms with Crippen LogP contribution in [0.15, 0.2) is 103 Å². The summed E-state index contributed by atoms with van der Waals surface area (Å²) in [6.07, 6.45) is 2.34. The van der Waals surface area contributed by atoms with Crippen LogP contribution in [0, 0.1) is 0 Å². The standard InChI is InChI=1S/C40H45N5O4/c1-27(31-19-11-14-28-13-5-6-16-32(28)31)44-38(47)36(20-12-23-41-26-30-15-9-10-24-42-30)45-37(46)35-22-21-29(33-17-7-8-18-34(33)35)25-43-39(48)49-40(2,3)4/h5-11,13-19,21-22,24,27,36,41H,12,20,23,25-26H2,1-4H3,(H,43,48)(H,44,47)(H,45,46)/t27-,36-/m0/s1. The second kappa shape index (κ2) is 16.2. The topological polar surface area (TPSA) is 121 Å². The van der Waals surface area contributed by atoms with Crippen molar-refractivity contribution in [2.45, 2.75) is 71.3 Å². The Morgan fingerprint density at radius 2 is 1.49 bits per heavy atom. The predicted molar refractivity (Wildman–Crippen MR) is 194 cm³/mol. The average molecular weight is 660 g/mol. The van der Waals surface area contributed by atoms with Gasteiger partial charge < -0.3 is 26.0 Å². The zero-order valence-corrected chi connectivity index (χ0v) is 28.6. The van der Waals surface area contributed by atoms with Gasteiger partial charge in [-0.15, -0.1) is 0 Å². The molecule has 0 spiro atoms. The monoisotopic (exact) mass is 659 g/mol. The summed E-state index contributed by atoms with van der Waals surface area (Å²) in [6.45, 7) is 8.90. The van der Waals surface area contributed by atoms with Crippen LogP contribution in [-0.4, -0.2) is 41.1 Å².